The lowest BCUT2D eigenvalue weighted by atomic mass is 9.79. The molecule has 0 saturated heterocycles. The molecule has 0 atom stereocenters. The summed E-state index contributed by atoms with van der Waals surface area (Å²) in [6.45, 7) is 11.6. The topological polar surface area (TPSA) is 176 Å². The summed E-state index contributed by atoms with van der Waals surface area (Å²) < 4.78 is 11.8. The molecule has 6 heterocycles. The van der Waals surface area contributed by atoms with Crippen molar-refractivity contribution in [2.24, 2.45) is 0 Å². The number of aromatic amines is 2. The summed E-state index contributed by atoms with van der Waals surface area (Å²) in [7, 11) is -1.41. The predicted molar refractivity (Wildman–Crippen MR) is 226 cm³/mol. The van der Waals surface area contributed by atoms with Crippen molar-refractivity contribution in [1.29, 1.82) is 0 Å². The number of imidazole rings is 2. The van der Waals surface area contributed by atoms with Crippen molar-refractivity contribution >= 4 is 57.2 Å². The molecule has 4 N–H and O–H groups in total. The van der Waals surface area contributed by atoms with Gasteiger partial charge in [0, 0.05) is 66.9 Å². The van der Waals surface area contributed by atoms with Gasteiger partial charge in [-0.05, 0) is 137 Å². The van der Waals surface area contributed by atoms with Crippen molar-refractivity contribution in [1.82, 2.24) is 40.2 Å². The SMILES string of the molecule is Cc1ncccc1-c1cc(-c2c(C)noc2C)cc2[nH]c(C3CC3)nc12.Cc1ncccc1B(O)O.Cc1noc(C)c1-c1cc(I)c2nc(C3CC3)[nH]c2c1. The molecule has 2 saturated carbocycles. The monoisotopic (exact) mass is 860 g/mol. The number of H-pyrrole nitrogens is 2. The van der Waals surface area contributed by atoms with Crippen LogP contribution in [0.3, 0.4) is 0 Å². The van der Waals surface area contributed by atoms with E-state index in [9.17, 15) is 0 Å². The van der Waals surface area contributed by atoms with E-state index in [1.807, 2.05) is 46.9 Å². The molecule has 14 heteroatoms. The number of rotatable bonds is 6. The van der Waals surface area contributed by atoms with Crippen molar-refractivity contribution in [3.8, 4) is 33.4 Å². The van der Waals surface area contributed by atoms with Gasteiger partial charge in [0.2, 0.25) is 0 Å². The molecule has 0 aliphatic heterocycles. The van der Waals surface area contributed by atoms with Crippen LogP contribution in [-0.2, 0) is 0 Å². The maximum Gasteiger partial charge on any atom is 0.490 e. The molecule has 12 nitrogen and oxygen atoms in total. The van der Waals surface area contributed by atoms with Crippen LogP contribution < -0.4 is 5.46 Å². The van der Waals surface area contributed by atoms with Crippen LogP contribution in [-0.4, -0.2) is 57.4 Å². The van der Waals surface area contributed by atoms with Crippen LogP contribution in [0.1, 0.15) is 83.5 Å². The van der Waals surface area contributed by atoms with Crippen molar-refractivity contribution < 1.29 is 19.1 Å². The zero-order valence-corrected chi connectivity index (χ0v) is 34.3. The van der Waals surface area contributed by atoms with Gasteiger partial charge in [-0.15, -0.1) is 0 Å². The minimum atomic E-state index is -1.41. The molecule has 6 aromatic heterocycles. The first-order valence-corrected chi connectivity index (χ1v) is 19.8. The Labute approximate surface area is 337 Å². The van der Waals surface area contributed by atoms with Crippen molar-refractivity contribution in [2.75, 3.05) is 0 Å². The highest BCUT2D eigenvalue weighted by atomic mass is 127. The molecular weight excluding hydrogens is 818 g/mol. The summed E-state index contributed by atoms with van der Waals surface area (Å²) in [5.41, 5.74) is 14.8. The maximum atomic E-state index is 8.72. The maximum absolute atomic E-state index is 8.72. The number of nitrogens with one attached hydrogen (secondary N) is 2. The number of pyridine rings is 2. The van der Waals surface area contributed by atoms with E-state index in [2.05, 4.69) is 83.2 Å². The summed E-state index contributed by atoms with van der Waals surface area (Å²) in [5.74, 6) is 5.14. The first-order chi connectivity index (χ1) is 27.0. The van der Waals surface area contributed by atoms with Gasteiger partial charge in [-0.3, -0.25) is 9.97 Å². The van der Waals surface area contributed by atoms with E-state index in [4.69, 9.17) is 29.1 Å². The number of halogens is 1. The fourth-order valence-corrected chi connectivity index (χ4v) is 7.90. The van der Waals surface area contributed by atoms with Gasteiger partial charge in [0.15, 0.2) is 0 Å². The second-order valence-corrected chi connectivity index (χ2v) is 15.8. The minimum absolute atomic E-state index is 0.461. The molecule has 2 aliphatic rings. The molecule has 0 unspecified atom stereocenters. The second-order valence-electron chi connectivity index (χ2n) is 14.7. The lowest BCUT2D eigenvalue weighted by Gasteiger charge is -2.09. The van der Waals surface area contributed by atoms with Gasteiger partial charge >= 0.3 is 7.12 Å². The number of aryl methyl sites for hydroxylation is 6. The average molecular weight is 861 g/mol. The Kier molecular flexibility index (Phi) is 10.4. The zero-order valence-electron chi connectivity index (χ0n) is 32.1. The third-order valence-corrected chi connectivity index (χ3v) is 11.2. The number of benzene rings is 2. The number of fused-ring (bicyclic) bond motifs is 2. The molecule has 56 heavy (non-hydrogen) atoms. The Balaban J connectivity index is 0.000000130. The third kappa shape index (κ3) is 7.65. The minimum Gasteiger partial charge on any atom is -0.423 e. The van der Waals surface area contributed by atoms with Crippen LogP contribution in [0.2, 0.25) is 0 Å². The summed E-state index contributed by atoms with van der Waals surface area (Å²) in [5, 5.41) is 25.6. The van der Waals surface area contributed by atoms with Gasteiger partial charge in [-0.1, -0.05) is 22.4 Å². The quantitative estimate of drug-likeness (QED) is 0.0938. The predicted octanol–water partition coefficient (Wildman–Crippen LogP) is 8.47. The van der Waals surface area contributed by atoms with Crippen LogP contribution in [0.15, 0.2) is 70.0 Å². The van der Waals surface area contributed by atoms with E-state index in [1.54, 1.807) is 25.3 Å². The van der Waals surface area contributed by atoms with Gasteiger partial charge in [0.25, 0.3) is 0 Å². The standard InChI is InChI=1S/C21H20N4O.C15H14IN3O.C6H8BNO2/c1-11-16(5-4-8-22-11)17-9-15(19-12(2)25-26-13(19)3)10-18-20(17)24-21(23-18)14-6-7-14;1-7-13(8(2)20-19-7)10-5-11(16)14-12(6-10)17-15(18-14)9-3-4-9;1-5-6(7(9)10)3-2-4-8-5/h4-5,8-10,14H,6-7H2,1-3H3,(H,23,24);5-6,9H,3-4H2,1-2H3,(H,17,18);2-4,9-10H,1H3. The molecule has 2 aromatic carbocycles. The number of hydrogen-bond donors (Lipinski definition) is 4. The highest BCUT2D eigenvalue weighted by molar-refractivity contribution is 14.1. The second kappa shape index (κ2) is 15.4. The van der Waals surface area contributed by atoms with Crippen LogP contribution in [0.5, 0.6) is 0 Å². The molecule has 0 spiro atoms. The Morgan fingerprint density at radius 2 is 1.16 bits per heavy atom. The van der Waals surface area contributed by atoms with Gasteiger partial charge in [-0.2, -0.15) is 0 Å². The molecule has 2 fully saturated rings. The summed E-state index contributed by atoms with van der Waals surface area (Å²) in [4.78, 5) is 25.1. The molecule has 2 aliphatic carbocycles. The Hall–Kier alpha value is -5.19. The van der Waals surface area contributed by atoms with Gasteiger partial charge < -0.3 is 29.1 Å². The van der Waals surface area contributed by atoms with Crippen molar-refractivity contribution in [3.05, 3.63) is 110 Å². The number of nitrogens with zero attached hydrogens (tertiary/aromatic N) is 6. The molecule has 0 bridgehead atoms. The van der Waals surface area contributed by atoms with Gasteiger partial charge in [0.05, 0.1) is 27.9 Å². The van der Waals surface area contributed by atoms with Gasteiger partial charge in [-0.25, -0.2) is 9.97 Å². The summed E-state index contributed by atoms with van der Waals surface area (Å²) >= 11 is 2.36. The van der Waals surface area contributed by atoms with Crippen molar-refractivity contribution in [2.45, 2.75) is 79.1 Å². The Morgan fingerprint density at radius 1 is 0.643 bits per heavy atom. The number of aromatic nitrogens is 8. The van der Waals surface area contributed by atoms with Crippen LogP contribution >= 0.6 is 22.6 Å². The van der Waals surface area contributed by atoms with Crippen molar-refractivity contribution in [3.63, 3.8) is 0 Å². The third-order valence-electron chi connectivity index (χ3n) is 10.4. The highest BCUT2D eigenvalue weighted by Crippen LogP contribution is 2.43. The van der Waals surface area contributed by atoms with E-state index in [-0.39, 0.29) is 0 Å². The molecule has 284 valence electrons. The van der Waals surface area contributed by atoms with E-state index in [0.717, 1.165) is 95.7 Å². The van der Waals surface area contributed by atoms with E-state index in [1.165, 1.54) is 29.3 Å². The molecule has 8 aromatic rings. The van der Waals surface area contributed by atoms with Gasteiger partial charge in [0.1, 0.15) is 28.7 Å². The van der Waals surface area contributed by atoms with Crippen LogP contribution in [0.25, 0.3) is 55.4 Å². The normalized spacial score (nSPS) is 13.7. The van der Waals surface area contributed by atoms with E-state index >= 15 is 0 Å². The molecular formula is C42H42BIN8O4. The zero-order chi connectivity index (χ0) is 39.2. The Morgan fingerprint density at radius 3 is 1.64 bits per heavy atom. The summed E-state index contributed by atoms with van der Waals surface area (Å²) in [6.07, 6.45) is 8.39. The largest absolute Gasteiger partial charge is 0.490 e. The number of hydrogen-bond acceptors (Lipinski definition) is 10. The molecule has 10 rings (SSSR count). The average Bonchev–Trinajstić information content (AvgIpc) is 4.06. The smallest absolute Gasteiger partial charge is 0.423 e. The van der Waals surface area contributed by atoms with E-state index in [0.29, 0.717) is 23.0 Å². The lowest BCUT2D eigenvalue weighted by Crippen LogP contribution is -2.32. The fraction of sp³-hybridized carbons (Fsp3) is 0.286. The fourth-order valence-electron chi connectivity index (χ4n) is 7.15. The molecule has 0 radical (unpaired) electrons. The lowest BCUT2D eigenvalue weighted by molar-refractivity contribution is 0.393. The first-order valence-electron chi connectivity index (χ1n) is 18.8. The van der Waals surface area contributed by atoms with Crippen LogP contribution in [0.4, 0.5) is 0 Å². The Bertz CT molecular complexity index is 2670. The van der Waals surface area contributed by atoms with E-state index < -0.39 is 7.12 Å². The summed E-state index contributed by atoms with van der Waals surface area (Å²) in [6, 6.07) is 16.1. The first kappa shape index (κ1) is 37.7. The molecule has 0 amide bonds. The highest BCUT2D eigenvalue weighted by Gasteiger charge is 2.29. The van der Waals surface area contributed by atoms with Crippen LogP contribution in [0, 0.1) is 45.1 Å².